The summed E-state index contributed by atoms with van der Waals surface area (Å²) in [6.45, 7) is 1.69. The Bertz CT molecular complexity index is 459. The number of nitro groups is 1. The molecule has 0 saturated carbocycles. The van der Waals surface area contributed by atoms with E-state index >= 15 is 0 Å². The van der Waals surface area contributed by atoms with Gasteiger partial charge in [-0.2, -0.15) is 0 Å². The van der Waals surface area contributed by atoms with Gasteiger partial charge in [-0.15, -0.1) is 0 Å². The minimum atomic E-state index is -1.32. The van der Waals surface area contributed by atoms with Crippen molar-refractivity contribution in [1.29, 1.82) is 0 Å². The molecule has 1 atom stereocenters. The lowest BCUT2D eigenvalue weighted by Gasteiger charge is -2.11. The van der Waals surface area contributed by atoms with Gasteiger partial charge in [0, 0.05) is 12.1 Å². The number of aromatic carboxylic acids is 1. The number of carbonyl (C=O) groups is 1. The summed E-state index contributed by atoms with van der Waals surface area (Å²) in [6.07, 6.45) is -0.239. The van der Waals surface area contributed by atoms with Gasteiger partial charge in [0.15, 0.2) is 0 Å². The zero-order chi connectivity index (χ0) is 13.7. The van der Waals surface area contributed by atoms with Crippen molar-refractivity contribution in [1.82, 2.24) is 0 Å². The lowest BCUT2D eigenvalue weighted by molar-refractivity contribution is -0.384. The van der Waals surface area contributed by atoms with Crippen molar-refractivity contribution < 1.29 is 24.7 Å². The van der Waals surface area contributed by atoms with Crippen LogP contribution >= 0.6 is 0 Å². The van der Waals surface area contributed by atoms with E-state index < -0.39 is 17.0 Å². The summed E-state index contributed by atoms with van der Waals surface area (Å²) in [5, 5.41) is 28.8. The van der Waals surface area contributed by atoms with Crippen LogP contribution in [-0.4, -0.2) is 33.8 Å². The Kier molecular flexibility index (Phi) is 4.61. The molecule has 7 heteroatoms. The van der Waals surface area contributed by atoms with E-state index in [9.17, 15) is 20.0 Å². The largest absolute Gasteiger partial charge is 0.490 e. The fourth-order valence-electron chi connectivity index (χ4n) is 1.23. The van der Waals surface area contributed by atoms with Crippen LogP contribution in [0.2, 0.25) is 0 Å². The highest BCUT2D eigenvalue weighted by atomic mass is 16.6. The van der Waals surface area contributed by atoms with Gasteiger partial charge in [0.05, 0.1) is 11.0 Å². The van der Waals surface area contributed by atoms with Crippen LogP contribution in [0.5, 0.6) is 5.75 Å². The quantitative estimate of drug-likeness (QED) is 0.588. The molecule has 0 saturated heterocycles. The maximum atomic E-state index is 10.9. The topological polar surface area (TPSA) is 110 Å². The minimum absolute atomic E-state index is 0.000556. The van der Waals surface area contributed by atoms with Crippen LogP contribution in [0.3, 0.4) is 0 Å². The van der Waals surface area contributed by atoms with Crippen molar-refractivity contribution in [2.24, 2.45) is 0 Å². The summed E-state index contributed by atoms with van der Waals surface area (Å²) in [4.78, 5) is 20.8. The van der Waals surface area contributed by atoms with E-state index in [2.05, 4.69) is 0 Å². The van der Waals surface area contributed by atoms with Gasteiger partial charge in [-0.05, 0) is 12.5 Å². The molecule has 0 fully saturated rings. The van der Waals surface area contributed by atoms with Crippen LogP contribution in [0.4, 0.5) is 5.69 Å². The van der Waals surface area contributed by atoms with Crippen LogP contribution in [0.25, 0.3) is 0 Å². The minimum Gasteiger partial charge on any atom is -0.490 e. The molecule has 1 aromatic carbocycles. The van der Waals surface area contributed by atoms with Crippen LogP contribution in [-0.2, 0) is 0 Å². The molecule has 2 N–H and O–H groups in total. The van der Waals surface area contributed by atoms with E-state index in [-0.39, 0.29) is 23.6 Å². The molecule has 0 spiro atoms. The number of carboxylic acid groups (broad SMARTS) is 1. The maximum absolute atomic E-state index is 10.9. The number of nitrogens with zero attached hydrogens (tertiary/aromatic N) is 1. The molecule has 98 valence electrons. The Balaban J connectivity index is 2.97. The maximum Gasteiger partial charge on any atom is 0.339 e. The van der Waals surface area contributed by atoms with Gasteiger partial charge in [-0.3, -0.25) is 10.1 Å². The van der Waals surface area contributed by atoms with Crippen LogP contribution < -0.4 is 4.74 Å². The molecule has 1 rings (SSSR count). The van der Waals surface area contributed by atoms with Crippen LogP contribution in [0.1, 0.15) is 23.7 Å². The van der Waals surface area contributed by atoms with Crippen molar-refractivity contribution in [2.45, 2.75) is 19.4 Å². The van der Waals surface area contributed by atoms with E-state index in [0.717, 1.165) is 12.1 Å². The molecule has 0 amide bonds. The van der Waals surface area contributed by atoms with Gasteiger partial charge in [0.1, 0.15) is 17.9 Å². The fraction of sp³-hybridized carbons (Fsp3) is 0.364. The molecule has 1 aromatic rings. The summed E-state index contributed by atoms with van der Waals surface area (Å²) in [6, 6.07) is 3.29. The molecule has 0 aromatic heterocycles. The van der Waals surface area contributed by atoms with E-state index in [4.69, 9.17) is 9.84 Å². The van der Waals surface area contributed by atoms with Crippen LogP contribution in [0.15, 0.2) is 18.2 Å². The average Bonchev–Trinajstić information content (AvgIpc) is 2.35. The molecule has 0 bridgehead atoms. The fourth-order valence-corrected chi connectivity index (χ4v) is 1.23. The third-order valence-electron chi connectivity index (χ3n) is 2.31. The molecular formula is C11H13NO6. The van der Waals surface area contributed by atoms with Gasteiger partial charge in [0.25, 0.3) is 5.69 Å². The van der Waals surface area contributed by atoms with Crippen LogP contribution in [0, 0.1) is 10.1 Å². The highest BCUT2D eigenvalue weighted by Crippen LogP contribution is 2.24. The third kappa shape index (κ3) is 3.42. The monoisotopic (exact) mass is 255 g/mol. The smallest absolute Gasteiger partial charge is 0.339 e. The first kappa shape index (κ1) is 13.9. The van der Waals surface area contributed by atoms with E-state index in [1.165, 1.54) is 6.07 Å². The van der Waals surface area contributed by atoms with Gasteiger partial charge < -0.3 is 14.9 Å². The van der Waals surface area contributed by atoms with Gasteiger partial charge in [-0.25, -0.2) is 4.79 Å². The number of benzene rings is 1. The van der Waals surface area contributed by atoms with E-state index in [1.807, 2.05) is 0 Å². The van der Waals surface area contributed by atoms with E-state index in [1.54, 1.807) is 6.92 Å². The van der Waals surface area contributed by atoms with Crippen molar-refractivity contribution in [2.75, 3.05) is 6.61 Å². The predicted octanol–water partition coefficient (Wildman–Crippen LogP) is 1.44. The third-order valence-corrected chi connectivity index (χ3v) is 2.31. The normalized spacial score (nSPS) is 11.9. The number of nitro benzene ring substituents is 1. The van der Waals surface area contributed by atoms with Gasteiger partial charge >= 0.3 is 5.97 Å². The first-order valence-corrected chi connectivity index (χ1v) is 5.28. The zero-order valence-electron chi connectivity index (χ0n) is 9.70. The summed E-state index contributed by atoms with van der Waals surface area (Å²) >= 11 is 0. The molecule has 0 aliphatic heterocycles. The second-order valence-corrected chi connectivity index (χ2v) is 3.62. The molecule has 0 aliphatic carbocycles. The molecule has 0 heterocycles. The average molecular weight is 255 g/mol. The number of hydrogen-bond donors (Lipinski definition) is 2. The van der Waals surface area contributed by atoms with Crippen molar-refractivity contribution in [3.05, 3.63) is 33.9 Å². The number of non-ortho nitro benzene ring substituents is 1. The highest BCUT2D eigenvalue weighted by molar-refractivity contribution is 5.91. The number of ether oxygens (including phenoxy) is 1. The van der Waals surface area contributed by atoms with Crippen molar-refractivity contribution >= 4 is 11.7 Å². The van der Waals surface area contributed by atoms with E-state index in [0.29, 0.717) is 6.42 Å². The molecule has 1 unspecified atom stereocenters. The Morgan fingerprint density at radius 1 is 1.56 bits per heavy atom. The molecule has 18 heavy (non-hydrogen) atoms. The molecule has 0 aliphatic rings. The number of carboxylic acids is 1. The van der Waals surface area contributed by atoms with Crippen molar-refractivity contribution in [3.8, 4) is 5.75 Å². The summed E-state index contributed by atoms with van der Waals surface area (Å²) in [5.41, 5.74) is -0.622. The molecule has 7 nitrogen and oxygen atoms in total. The molecular weight excluding hydrogens is 242 g/mol. The standard InChI is InChI=1S/C11H13NO6/c1-2-8(13)6-18-10-4-3-7(12(16)17)5-9(10)11(14)15/h3-5,8,13H,2,6H2,1H3,(H,14,15). The Morgan fingerprint density at radius 3 is 2.72 bits per heavy atom. The molecule has 0 radical (unpaired) electrons. The zero-order valence-corrected chi connectivity index (χ0v) is 9.70. The van der Waals surface area contributed by atoms with Crippen molar-refractivity contribution in [3.63, 3.8) is 0 Å². The first-order chi connectivity index (χ1) is 8.45. The lowest BCUT2D eigenvalue weighted by atomic mass is 10.2. The first-order valence-electron chi connectivity index (χ1n) is 5.28. The van der Waals surface area contributed by atoms with Gasteiger partial charge in [0.2, 0.25) is 0 Å². The Morgan fingerprint density at radius 2 is 2.22 bits per heavy atom. The highest BCUT2D eigenvalue weighted by Gasteiger charge is 2.17. The Labute approximate surface area is 103 Å². The number of aliphatic hydroxyl groups excluding tert-OH is 1. The lowest BCUT2D eigenvalue weighted by Crippen LogP contribution is -2.17. The summed E-state index contributed by atoms with van der Waals surface area (Å²) < 4.78 is 5.13. The second-order valence-electron chi connectivity index (χ2n) is 3.62. The summed E-state index contributed by atoms with van der Waals surface area (Å²) in [7, 11) is 0. The number of rotatable bonds is 6. The second kappa shape index (κ2) is 5.97. The Hall–Kier alpha value is -2.15. The number of aliphatic hydroxyl groups is 1. The SMILES string of the molecule is CCC(O)COc1ccc([N+](=O)[O-])cc1C(=O)O. The summed E-state index contributed by atoms with van der Waals surface area (Å²) in [5.74, 6) is -1.32. The number of hydrogen-bond acceptors (Lipinski definition) is 5. The van der Waals surface area contributed by atoms with Gasteiger partial charge in [-0.1, -0.05) is 6.92 Å². The predicted molar refractivity (Wildman–Crippen MR) is 61.8 cm³/mol.